The maximum Gasteiger partial charge on any atom is 0.397 e. The maximum absolute atomic E-state index is 11.7. The van der Waals surface area contributed by atoms with Gasteiger partial charge in [0.15, 0.2) is 6.29 Å². The number of benzene rings is 2. The molecule has 1 aliphatic heterocycles. The minimum atomic E-state index is -5.08. The smallest absolute Gasteiger partial charge is 0.368 e. The molecule has 2 N–H and O–H groups in total. The van der Waals surface area contributed by atoms with Crippen LogP contribution in [0.2, 0.25) is 0 Å². The zero-order valence-corrected chi connectivity index (χ0v) is 22.5. The second-order valence-electron chi connectivity index (χ2n) is 8.20. The molecule has 1 fully saturated rings. The highest BCUT2D eigenvalue weighted by molar-refractivity contribution is 7.81. The summed E-state index contributed by atoms with van der Waals surface area (Å²) in [7, 11) is -8.71. The van der Waals surface area contributed by atoms with Gasteiger partial charge in [0, 0.05) is 7.11 Å². The van der Waals surface area contributed by atoms with Crippen LogP contribution in [-0.4, -0.2) is 83.6 Å². The van der Waals surface area contributed by atoms with Gasteiger partial charge in [-0.3, -0.25) is 9.11 Å². The lowest BCUT2D eigenvalue weighted by molar-refractivity contribution is -0.302. The lowest BCUT2D eigenvalue weighted by Gasteiger charge is -2.44. The molecular formula is C25H30O12S2. The number of ether oxygens (including phenoxy) is 4. The highest BCUT2D eigenvalue weighted by Gasteiger charge is 2.50. The Hall–Kier alpha value is -2.50. The SMILES string of the molecule is CO[C@@H]1O[C@H](COS(=O)(=O)O)[C@@H](OS(=O)(=O)O)[C@H](OC/C=C/c2ccccc2)[C@H]1OC/C=C/c1ccccc1. The minimum absolute atomic E-state index is 0.0211. The van der Waals surface area contributed by atoms with Crippen LogP contribution in [0.15, 0.2) is 72.8 Å². The van der Waals surface area contributed by atoms with Crippen molar-refractivity contribution in [3.05, 3.63) is 83.9 Å². The Bertz CT molecular complexity index is 1280. The molecule has 2 aromatic rings. The number of hydrogen-bond donors (Lipinski definition) is 2. The van der Waals surface area contributed by atoms with Crippen molar-refractivity contribution in [2.45, 2.75) is 30.7 Å². The van der Waals surface area contributed by atoms with Crippen LogP contribution in [0.5, 0.6) is 0 Å². The lowest BCUT2D eigenvalue weighted by atomic mass is 9.98. The molecular weight excluding hydrogens is 556 g/mol. The van der Waals surface area contributed by atoms with E-state index in [2.05, 4.69) is 4.18 Å². The van der Waals surface area contributed by atoms with Gasteiger partial charge in [-0.2, -0.15) is 16.8 Å². The van der Waals surface area contributed by atoms with Crippen molar-refractivity contribution in [1.29, 1.82) is 0 Å². The van der Waals surface area contributed by atoms with E-state index in [1.54, 1.807) is 24.3 Å². The molecule has 0 saturated carbocycles. The zero-order valence-electron chi connectivity index (χ0n) is 20.9. The molecule has 0 radical (unpaired) electrons. The summed E-state index contributed by atoms with van der Waals surface area (Å²) >= 11 is 0. The van der Waals surface area contributed by atoms with Crippen molar-refractivity contribution in [2.75, 3.05) is 26.9 Å². The highest BCUT2D eigenvalue weighted by atomic mass is 32.3. The highest BCUT2D eigenvalue weighted by Crippen LogP contribution is 2.30. The average molecular weight is 587 g/mol. The molecule has 0 spiro atoms. The fourth-order valence-electron chi connectivity index (χ4n) is 3.81. The lowest BCUT2D eigenvalue weighted by Crippen LogP contribution is -2.62. The first kappa shape index (κ1) is 31.0. The Kier molecular flexibility index (Phi) is 11.7. The van der Waals surface area contributed by atoms with Crippen LogP contribution in [0.4, 0.5) is 0 Å². The topological polar surface area (TPSA) is 164 Å². The summed E-state index contributed by atoms with van der Waals surface area (Å²) in [5, 5.41) is 0. The van der Waals surface area contributed by atoms with Gasteiger partial charge >= 0.3 is 20.8 Å². The van der Waals surface area contributed by atoms with E-state index >= 15 is 0 Å². The van der Waals surface area contributed by atoms with Crippen molar-refractivity contribution >= 4 is 33.0 Å². The summed E-state index contributed by atoms with van der Waals surface area (Å²) in [6, 6.07) is 18.7. The predicted molar refractivity (Wildman–Crippen MR) is 140 cm³/mol. The van der Waals surface area contributed by atoms with Gasteiger partial charge in [-0.15, -0.1) is 0 Å². The summed E-state index contributed by atoms with van der Waals surface area (Å²) in [5.74, 6) is 0. The second kappa shape index (κ2) is 14.8. The van der Waals surface area contributed by atoms with Crippen LogP contribution in [0.1, 0.15) is 11.1 Å². The molecule has 0 aliphatic carbocycles. The van der Waals surface area contributed by atoms with Gasteiger partial charge in [0.05, 0.1) is 19.8 Å². The van der Waals surface area contributed by atoms with Crippen molar-refractivity contribution in [2.24, 2.45) is 0 Å². The van der Waals surface area contributed by atoms with E-state index in [0.717, 1.165) is 11.1 Å². The molecule has 1 heterocycles. The standard InChI is InChI=1S/C25H30O12S2/c1-32-25-24(34-17-9-15-20-12-6-3-7-13-20)23(33-16-8-14-19-10-4-2-5-11-19)22(37-39(29,30)31)21(36-25)18-35-38(26,27)28/h2-15,21-25H,16-18H2,1H3,(H,26,27,28)(H,29,30,31)/b14-8+,15-9+/t21-,22-,23+,24-,25-/m1/s1. The Morgan fingerprint density at radius 3 is 1.74 bits per heavy atom. The van der Waals surface area contributed by atoms with Crippen LogP contribution in [0, 0.1) is 0 Å². The first-order valence-corrected chi connectivity index (χ1v) is 14.4. The summed E-state index contributed by atoms with van der Waals surface area (Å²) in [4.78, 5) is 0. The van der Waals surface area contributed by atoms with Gasteiger partial charge in [0.2, 0.25) is 0 Å². The summed E-state index contributed by atoms with van der Waals surface area (Å²) in [6.45, 7) is -0.917. The maximum atomic E-state index is 11.7. The van der Waals surface area contributed by atoms with Gasteiger partial charge in [0.1, 0.15) is 24.4 Å². The first-order chi connectivity index (χ1) is 18.6. The Morgan fingerprint density at radius 2 is 1.28 bits per heavy atom. The summed E-state index contributed by atoms with van der Waals surface area (Å²) < 4.78 is 96.2. The van der Waals surface area contributed by atoms with E-state index in [1.807, 2.05) is 60.7 Å². The molecule has 0 amide bonds. The number of methoxy groups -OCH3 is 1. The summed E-state index contributed by atoms with van der Waals surface area (Å²) in [6.07, 6.45) is 0.230. The Labute approximate surface area is 227 Å². The van der Waals surface area contributed by atoms with Crippen LogP contribution in [0.25, 0.3) is 12.2 Å². The quantitative estimate of drug-likeness (QED) is 0.311. The average Bonchev–Trinajstić information content (AvgIpc) is 2.89. The Balaban J connectivity index is 1.84. The molecule has 0 aromatic heterocycles. The molecule has 5 atom stereocenters. The van der Waals surface area contributed by atoms with Gasteiger partial charge in [0.25, 0.3) is 0 Å². The van der Waals surface area contributed by atoms with Crippen molar-refractivity contribution in [1.82, 2.24) is 0 Å². The molecule has 0 bridgehead atoms. The van der Waals surface area contributed by atoms with Gasteiger partial charge < -0.3 is 18.9 Å². The molecule has 3 rings (SSSR count). The van der Waals surface area contributed by atoms with Crippen molar-refractivity contribution in [3.8, 4) is 0 Å². The minimum Gasteiger partial charge on any atom is -0.368 e. The van der Waals surface area contributed by atoms with Crippen molar-refractivity contribution in [3.63, 3.8) is 0 Å². The van der Waals surface area contributed by atoms with Gasteiger partial charge in [-0.05, 0) is 11.1 Å². The molecule has 1 saturated heterocycles. The largest absolute Gasteiger partial charge is 0.397 e. The third kappa shape index (κ3) is 10.9. The van der Waals surface area contributed by atoms with Crippen molar-refractivity contribution < 1.29 is 53.3 Å². The van der Waals surface area contributed by atoms with Crippen LogP contribution in [0.3, 0.4) is 0 Å². The van der Waals surface area contributed by atoms with Gasteiger partial charge in [-0.1, -0.05) is 85.0 Å². The van der Waals surface area contributed by atoms with E-state index in [-0.39, 0.29) is 13.2 Å². The zero-order chi connectivity index (χ0) is 28.3. The molecule has 214 valence electrons. The second-order valence-corrected chi connectivity index (χ2v) is 10.3. The van der Waals surface area contributed by atoms with Crippen LogP contribution in [-0.2, 0) is 48.1 Å². The van der Waals surface area contributed by atoms with E-state index in [0.29, 0.717) is 0 Å². The van der Waals surface area contributed by atoms with E-state index in [9.17, 15) is 21.4 Å². The molecule has 2 aromatic carbocycles. The fraction of sp³-hybridized carbons (Fsp3) is 0.360. The predicted octanol–water partition coefficient (Wildman–Crippen LogP) is 2.56. The van der Waals surface area contributed by atoms with E-state index < -0.39 is 58.1 Å². The third-order valence-electron chi connectivity index (χ3n) is 5.43. The van der Waals surface area contributed by atoms with E-state index in [4.69, 9.17) is 27.7 Å². The molecule has 14 heteroatoms. The first-order valence-electron chi connectivity index (χ1n) is 11.7. The van der Waals surface area contributed by atoms with Crippen LogP contribution >= 0.6 is 0 Å². The normalized spacial score (nSPS) is 24.4. The number of hydrogen-bond acceptors (Lipinski definition) is 10. The fourth-order valence-corrected chi connectivity index (χ4v) is 4.63. The van der Waals surface area contributed by atoms with E-state index in [1.165, 1.54) is 7.11 Å². The molecule has 0 unspecified atom stereocenters. The van der Waals surface area contributed by atoms with Gasteiger partial charge in [-0.25, -0.2) is 8.37 Å². The molecule has 12 nitrogen and oxygen atoms in total. The summed E-state index contributed by atoms with van der Waals surface area (Å²) in [5.41, 5.74) is 1.80. The monoisotopic (exact) mass is 586 g/mol. The molecule has 39 heavy (non-hydrogen) atoms. The number of rotatable bonds is 14. The third-order valence-corrected chi connectivity index (χ3v) is 6.33. The Morgan fingerprint density at radius 1 is 0.769 bits per heavy atom. The van der Waals surface area contributed by atoms with Crippen LogP contribution < -0.4 is 0 Å². The molecule has 1 aliphatic rings.